The smallest absolute Gasteiger partial charge is 0.262 e. The topological polar surface area (TPSA) is 58.4 Å². The molecule has 0 spiro atoms. The van der Waals surface area contributed by atoms with Crippen molar-refractivity contribution in [2.24, 2.45) is 0 Å². The summed E-state index contributed by atoms with van der Waals surface area (Å²) in [4.78, 5) is 33.7. The number of hydrogen-bond acceptors (Lipinski definition) is 5. The van der Waals surface area contributed by atoms with E-state index in [-0.39, 0.29) is 23.8 Å². The Hall–Kier alpha value is -2.74. The largest absolute Gasteiger partial charge is 0.368 e. The second kappa shape index (κ2) is 6.87. The van der Waals surface area contributed by atoms with Crippen LogP contribution in [0.25, 0.3) is 10.2 Å². The lowest BCUT2D eigenvalue weighted by Crippen LogP contribution is -2.50. The average Bonchev–Trinajstić information content (AvgIpc) is 3.14. The Kier molecular flexibility index (Phi) is 4.42. The highest BCUT2D eigenvalue weighted by atomic mass is 32.1. The first kappa shape index (κ1) is 16.7. The molecule has 2 aromatic heterocycles. The lowest BCUT2D eigenvalue weighted by Gasteiger charge is -2.36. The van der Waals surface area contributed by atoms with Gasteiger partial charge in [0.2, 0.25) is 5.91 Å². The molecule has 0 unspecified atom stereocenters. The minimum atomic E-state index is -0.260. The predicted molar refractivity (Wildman–Crippen MR) is 99.1 cm³/mol. The zero-order chi connectivity index (χ0) is 18.1. The van der Waals surface area contributed by atoms with Crippen molar-refractivity contribution >= 4 is 33.1 Å². The normalized spacial score (nSPS) is 14.8. The monoisotopic (exact) mass is 372 g/mol. The quantitative estimate of drug-likeness (QED) is 0.705. The summed E-state index contributed by atoms with van der Waals surface area (Å²) in [6.07, 6.45) is 1.44. The molecule has 8 heteroatoms. The predicted octanol–water partition coefficient (Wildman–Crippen LogP) is 1.95. The number of carbonyl (C=O) groups is 1. The summed E-state index contributed by atoms with van der Waals surface area (Å²) in [5.74, 6) is -0.355. The van der Waals surface area contributed by atoms with Crippen LogP contribution in [0.4, 0.5) is 10.1 Å². The first-order valence-electron chi connectivity index (χ1n) is 8.33. The highest BCUT2D eigenvalue weighted by molar-refractivity contribution is 7.16. The summed E-state index contributed by atoms with van der Waals surface area (Å²) in [5, 5.41) is 2.37. The number of benzene rings is 1. The number of carbonyl (C=O) groups excluding carboxylic acids is 1. The van der Waals surface area contributed by atoms with Crippen molar-refractivity contribution in [2.75, 3.05) is 31.1 Å². The fourth-order valence-electron chi connectivity index (χ4n) is 3.12. The summed E-state index contributed by atoms with van der Waals surface area (Å²) < 4.78 is 14.4. The molecule has 1 amide bonds. The number of aromatic nitrogens is 2. The van der Waals surface area contributed by atoms with Gasteiger partial charge in [0.05, 0.1) is 11.7 Å². The molecule has 1 aliphatic rings. The van der Waals surface area contributed by atoms with E-state index in [1.807, 2.05) is 5.38 Å². The SMILES string of the molecule is O=C(Cn1cnc2sccc2c1=O)N1CCN(c2ccc(F)cc2)CC1. The third-order valence-electron chi connectivity index (χ3n) is 4.58. The lowest BCUT2D eigenvalue weighted by atomic mass is 10.2. The summed E-state index contributed by atoms with van der Waals surface area (Å²) in [7, 11) is 0. The molecule has 26 heavy (non-hydrogen) atoms. The molecular weight excluding hydrogens is 355 g/mol. The van der Waals surface area contributed by atoms with Crippen molar-refractivity contribution in [3.8, 4) is 0 Å². The number of anilines is 1. The molecule has 0 bridgehead atoms. The molecule has 3 aromatic rings. The highest BCUT2D eigenvalue weighted by Gasteiger charge is 2.22. The van der Waals surface area contributed by atoms with Gasteiger partial charge in [-0.2, -0.15) is 0 Å². The highest BCUT2D eigenvalue weighted by Crippen LogP contribution is 2.17. The van der Waals surface area contributed by atoms with Gasteiger partial charge in [0.25, 0.3) is 5.56 Å². The maximum Gasteiger partial charge on any atom is 0.262 e. The first-order chi connectivity index (χ1) is 12.6. The molecule has 6 nitrogen and oxygen atoms in total. The Balaban J connectivity index is 1.41. The summed E-state index contributed by atoms with van der Waals surface area (Å²) in [6.45, 7) is 2.48. The molecule has 0 aliphatic carbocycles. The third-order valence-corrected chi connectivity index (χ3v) is 5.40. The fraction of sp³-hybridized carbons (Fsp3) is 0.278. The molecule has 0 saturated carbocycles. The van der Waals surface area contributed by atoms with Gasteiger partial charge >= 0.3 is 0 Å². The van der Waals surface area contributed by atoms with Gasteiger partial charge in [-0.05, 0) is 35.7 Å². The molecule has 1 aromatic carbocycles. The van der Waals surface area contributed by atoms with Crippen molar-refractivity contribution in [3.05, 3.63) is 58.2 Å². The molecular formula is C18H17FN4O2S. The summed E-state index contributed by atoms with van der Waals surface area (Å²) in [6, 6.07) is 8.10. The van der Waals surface area contributed by atoms with E-state index in [0.717, 1.165) is 5.69 Å². The number of nitrogens with zero attached hydrogens (tertiary/aromatic N) is 4. The molecule has 0 N–H and O–H groups in total. The van der Waals surface area contributed by atoms with E-state index in [0.29, 0.717) is 36.4 Å². The van der Waals surface area contributed by atoms with Crippen molar-refractivity contribution in [1.29, 1.82) is 0 Å². The van der Waals surface area contributed by atoms with Crippen LogP contribution in [-0.2, 0) is 11.3 Å². The van der Waals surface area contributed by atoms with E-state index < -0.39 is 0 Å². The standard InChI is InChI=1S/C18H17FN4O2S/c19-13-1-3-14(4-2-13)21-6-8-22(9-7-21)16(24)11-23-12-20-17-15(18(23)25)5-10-26-17/h1-5,10,12H,6-9,11H2. The van der Waals surface area contributed by atoms with Gasteiger partial charge < -0.3 is 9.80 Å². The number of amides is 1. The molecule has 134 valence electrons. The minimum absolute atomic E-state index is 0.00579. The van der Waals surface area contributed by atoms with Crippen molar-refractivity contribution < 1.29 is 9.18 Å². The van der Waals surface area contributed by atoms with Gasteiger partial charge in [-0.1, -0.05) is 0 Å². The molecule has 1 fully saturated rings. The van der Waals surface area contributed by atoms with E-state index in [4.69, 9.17) is 0 Å². The number of thiophene rings is 1. The summed E-state index contributed by atoms with van der Waals surface area (Å²) in [5.41, 5.74) is 0.761. The van der Waals surface area contributed by atoms with E-state index in [1.54, 1.807) is 23.1 Å². The number of piperazine rings is 1. The van der Waals surface area contributed by atoms with Crippen LogP contribution in [0.2, 0.25) is 0 Å². The van der Waals surface area contributed by atoms with Crippen LogP contribution in [0.15, 0.2) is 46.8 Å². The van der Waals surface area contributed by atoms with Crippen LogP contribution < -0.4 is 10.5 Å². The summed E-state index contributed by atoms with van der Waals surface area (Å²) >= 11 is 1.41. The zero-order valence-electron chi connectivity index (χ0n) is 14.0. The van der Waals surface area contributed by atoms with Gasteiger partial charge in [0.1, 0.15) is 17.2 Å². The van der Waals surface area contributed by atoms with Crippen LogP contribution in [0, 0.1) is 5.82 Å². The van der Waals surface area contributed by atoms with E-state index in [2.05, 4.69) is 9.88 Å². The molecule has 0 atom stereocenters. The van der Waals surface area contributed by atoms with E-state index in [9.17, 15) is 14.0 Å². The Morgan fingerprint density at radius 3 is 2.58 bits per heavy atom. The van der Waals surface area contributed by atoms with Crippen LogP contribution in [0.1, 0.15) is 0 Å². The van der Waals surface area contributed by atoms with E-state index >= 15 is 0 Å². The number of fused-ring (bicyclic) bond motifs is 1. The van der Waals surface area contributed by atoms with Gasteiger partial charge in [0, 0.05) is 31.9 Å². The van der Waals surface area contributed by atoms with E-state index in [1.165, 1.54) is 34.4 Å². The van der Waals surface area contributed by atoms with Crippen LogP contribution in [-0.4, -0.2) is 46.5 Å². The van der Waals surface area contributed by atoms with Gasteiger partial charge in [-0.3, -0.25) is 14.2 Å². The second-order valence-corrected chi connectivity index (χ2v) is 7.06. The minimum Gasteiger partial charge on any atom is -0.368 e. The molecule has 3 heterocycles. The number of halogens is 1. The second-order valence-electron chi connectivity index (χ2n) is 6.16. The van der Waals surface area contributed by atoms with Gasteiger partial charge in [0.15, 0.2) is 0 Å². The number of hydrogen-bond donors (Lipinski definition) is 0. The van der Waals surface area contributed by atoms with Crippen molar-refractivity contribution in [3.63, 3.8) is 0 Å². The van der Waals surface area contributed by atoms with Gasteiger partial charge in [-0.15, -0.1) is 11.3 Å². The van der Waals surface area contributed by atoms with Gasteiger partial charge in [-0.25, -0.2) is 9.37 Å². The zero-order valence-corrected chi connectivity index (χ0v) is 14.8. The average molecular weight is 372 g/mol. The Labute approximate surface area is 153 Å². The molecule has 4 rings (SSSR count). The maximum atomic E-state index is 13.0. The van der Waals surface area contributed by atoms with Crippen molar-refractivity contribution in [2.45, 2.75) is 6.54 Å². The first-order valence-corrected chi connectivity index (χ1v) is 9.21. The van der Waals surface area contributed by atoms with Crippen molar-refractivity contribution in [1.82, 2.24) is 14.5 Å². The Bertz CT molecular complexity index is 990. The van der Waals surface area contributed by atoms with Crippen LogP contribution in [0.3, 0.4) is 0 Å². The van der Waals surface area contributed by atoms with Crippen LogP contribution in [0.5, 0.6) is 0 Å². The third kappa shape index (κ3) is 3.20. The molecule has 0 radical (unpaired) electrons. The Morgan fingerprint density at radius 2 is 1.85 bits per heavy atom. The Morgan fingerprint density at radius 1 is 1.12 bits per heavy atom. The lowest BCUT2D eigenvalue weighted by molar-refractivity contribution is -0.132. The number of rotatable bonds is 3. The molecule has 1 saturated heterocycles. The fourth-order valence-corrected chi connectivity index (χ4v) is 3.84. The molecule has 1 aliphatic heterocycles. The maximum absolute atomic E-state index is 13.0. The van der Waals surface area contributed by atoms with Crippen LogP contribution >= 0.6 is 11.3 Å².